The number of aryl methyl sites for hydroxylation is 1. The molecule has 1 aliphatic heterocycles. The lowest BCUT2D eigenvalue weighted by Crippen LogP contribution is -2.35. The Morgan fingerprint density at radius 2 is 2.05 bits per heavy atom. The normalized spacial score (nSPS) is 22.4. The van der Waals surface area contributed by atoms with Crippen molar-refractivity contribution in [2.24, 2.45) is 5.92 Å². The first-order valence-electron chi connectivity index (χ1n) is 7.91. The number of hydrogen-bond acceptors (Lipinski definition) is 2. The van der Waals surface area contributed by atoms with Crippen LogP contribution in [0.1, 0.15) is 37.7 Å². The third-order valence-corrected chi connectivity index (χ3v) is 5.90. The Morgan fingerprint density at radius 3 is 2.73 bits per heavy atom. The Balaban J connectivity index is 1.63. The van der Waals surface area contributed by atoms with Crippen molar-refractivity contribution in [3.63, 3.8) is 0 Å². The number of rotatable bonds is 3. The van der Waals surface area contributed by atoms with E-state index >= 15 is 0 Å². The van der Waals surface area contributed by atoms with Crippen molar-refractivity contribution in [2.45, 2.75) is 45.1 Å². The molecule has 118 valence electrons. The number of anilines is 1. The van der Waals surface area contributed by atoms with Crippen LogP contribution in [0.15, 0.2) is 18.2 Å². The van der Waals surface area contributed by atoms with Crippen molar-refractivity contribution < 1.29 is 9.59 Å². The van der Waals surface area contributed by atoms with Crippen molar-refractivity contribution in [1.82, 2.24) is 4.90 Å². The Labute approximate surface area is 144 Å². The molecule has 2 amide bonds. The molecular formula is C17H21IN2O2. The van der Waals surface area contributed by atoms with Gasteiger partial charge in [-0.3, -0.25) is 9.59 Å². The lowest BCUT2D eigenvalue weighted by atomic mass is 10.1. The number of likely N-dealkylation sites (tertiary alicyclic amines) is 1. The van der Waals surface area contributed by atoms with Gasteiger partial charge in [0.25, 0.3) is 0 Å². The zero-order chi connectivity index (χ0) is 15.7. The van der Waals surface area contributed by atoms with E-state index in [4.69, 9.17) is 0 Å². The fourth-order valence-corrected chi connectivity index (χ4v) is 3.91. The minimum Gasteiger partial charge on any atom is -0.339 e. The third-order valence-electron chi connectivity index (χ3n) is 4.73. The van der Waals surface area contributed by atoms with Crippen LogP contribution in [0.3, 0.4) is 0 Å². The van der Waals surface area contributed by atoms with E-state index in [0.29, 0.717) is 19.0 Å². The summed E-state index contributed by atoms with van der Waals surface area (Å²) in [5.74, 6) is -0.105. The molecule has 1 atom stereocenters. The first-order valence-corrected chi connectivity index (χ1v) is 8.99. The molecule has 0 aromatic heterocycles. The van der Waals surface area contributed by atoms with Gasteiger partial charge in [-0.15, -0.1) is 0 Å². The molecular weight excluding hydrogens is 391 g/mol. The van der Waals surface area contributed by atoms with Crippen molar-refractivity contribution in [3.05, 3.63) is 27.3 Å². The fraction of sp³-hybridized carbons (Fsp3) is 0.529. The molecule has 1 saturated heterocycles. The van der Waals surface area contributed by atoms with Crippen LogP contribution >= 0.6 is 22.6 Å². The van der Waals surface area contributed by atoms with Crippen LogP contribution in [0.4, 0.5) is 5.69 Å². The molecule has 1 N–H and O–H groups in total. The van der Waals surface area contributed by atoms with Crippen LogP contribution < -0.4 is 5.32 Å². The standard InChI is InChI=1S/C17H21IN2O2/c1-11-6-7-13(9-15(11)18)19-17(22)12-8-16(21)20(10-12)14-4-2-3-5-14/h6-7,9,12,14H,2-5,8,10H2,1H3,(H,19,22)/t12-/m0/s1. The smallest absolute Gasteiger partial charge is 0.229 e. The van der Waals surface area contributed by atoms with E-state index in [9.17, 15) is 9.59 Å². The maximum Gasteiger partial charge on any atom is 0.229 e. The summed E-state index contributed by atoms with van der Waals surface area (Å²) < 4.78 is 1.13. The number of carbonyl (C=O) groups excluding carboxylic acids is 2. The molecule has 0 bridgehead atoms. The van der Waals surface area contributed by atoms with Gasteiger partial charge in [-0.05, 0) is 60.1 Å². The van der Waals surface area contributed by atoms with E-state index < -0.39 is 0 Å². The highest BCUT2D eigenvalue weighted by atomic mass is 127. The van der Waals surface area contributed by atoms with Crippen LogP contribution in [0.2, 0.25) is 0 Å². The van der Waals surface area contributed by atoms with E-state index in [1.165, 1.54) is 18.4 Å². The van der Waals surface area contributed by atoms with Gasteiger partial charge in [0.1, 0.15) is 0 Å². The van der Waals surface area contributed by atoms with E-state index in [-0.39, 0.29) is 17.7 Å². The molecule has 1 aliphatic carbocycles. The second-order valence-corrected chi connectivity index (χ2v) is 7.50. The van der Waals surface area contributed by atoms with Gasteiger partial charge in [-0.25, -0.2) is 0 Å². The molecule has 1 aromatic rings. The second-order valence-electron chi connectivity index (χ2n) is 6.34. The molecule has 1 aromatic carbocycles. The lowest BCUT2D eigenvalue weighted by molar-refractivity contribution is -0.129. The van der Waals surface area contributed by atoms with Crippen LogP contribution in [0.25, 0.3) is 0 Å². The van der Waals surface area contributed by atoms with Gasteiger partial charge in [0, 0.05) is 28.3 Å². The molecule has 1 saturated carbocycles. The maximum atomic E-state index is 12.4. The van der Waals surface area contributed by atoms with Crippen molar-refractivity contribution in [2.75, 3.05) is 11.9 Å². The van der Waals surface area contributed by atoms with Gasteiger partial charge in [-0.2, -0.15) is 0 Å². The van der Waals surface area contributed by atoms with E-state index in [1.54, 1.807) is 0 Å². The Kier molecular flexibility index (Phi) is 4.70. The zero-order valence-electron chi connectivity index (χ0n) is 12.8. The monoisotopic (exact) mass is 412 g/mol. The topological polar surface area (TPSA) is 49.4 Å². The molecule has 0 spiro atoms. The third kappa shape index (κ3) is 3.29. The second kappa shape index (κ2) is 6.56. The van der Waals surface area contributed by atoms with Gasteiger partial charge in [0.05, 0.1) is 5.92 Å². The molecule has 3 rings (SSSR count). The van der Waals surface area contributed by atoms with Crippen LogP contribution in [-0.2, 0) is 9.59 Å². The summed E-state index contributed by atoms with van der Waals surface area (Å²) in [6, 6.07) is 6.26. The average Bonchev–Trinajstić information content (AvgIpc) is 3.12. The lowest BCUT2D eigenvalue weighted by Gasteiger charge is -2.23. The summed E-state index contributed by atoms with van der Waals surface area (Å²) in [6.07, 6.45) is 4.94. The molecule has 0 unspecified atom stereocenters. The Morgan fingerprint density at radius 1 is 1.32 bits per heavy atom. The maximum absolute atomic E-state index is 12.4. The van der Waals surface area contributed by atoms with Gasteiger partial charge in [0.2, 0.25) is 11.8 Å². The number of benzene rings is 1. The molecule has 22 heavy (non-hydrogen) atoms. The molecule has 4 nitrogen and oxygen atoms in total. The quantitative estimate of drug-likeness (QED) is 0.775. The molecule has 0 radical (unpaired) electrons. The average molecular weight is 412 g/mol. The summed E-state index contributed by atoms with van der Waals surface area (Å²) in [7, 11) is 0. The number of nitrogens with zero attached hydrogens (tertiary/aromatic N) is 1. The highest BCUT2D eigenvalue weighted by Crippen LogP contribution is 2.30. The predicted octanol–water partition coefficient (Wildman–Crippen LogP) is 3.33. The van der Waals surface area contributed by atoms with E-state index in [1.807, 2.05) is 30.0 Å². The highest BCUT2D eigenvalue weighted by Gasteiger charge is 2.38. The van der Waals surface area contributed by atoms with Crippen molar-refractivity contribution >= 4 is 40.1 Å². The Hall–Kier alpha value is -1.11. The highest BCUT2D eigenvalue weighted by molar-refractivity contribution is 14.1. The minimum absolute atomic E-state index is 0.0338. The summed E-state index contributed by atoms with van der Waals surface area (Å²) in [5.41, 5.74) is 2.01. The van der Waals surface area contributed by atoms with Gasteiger partial charge in [0.15, 0.2) is 0 Å². The number of hydrogen-bond donors (Lipinski definition) is 1. The van der Waals surface area contributed by atoms with E-state index in [2.05, 4.69) is 27.9 Å². The van der Waals surface area contributed by atoms with Crippen LogP contribution in [0.5, 0.6) is 0 Å². The number of halogens is 1. The molecule has 2 fully saturated rings. The fourth-order valence-electron chi connectivity index (χ4n) is 3.39. The van der Waals surface area contributed by atoms with Gasteiger partial charge < -0.3 is 10.2 Å². The SMILES string of the molecule is Cc1ccc(NC(=O)[C@H]2CC(=O)N(C3CCCC3)C2)cc1I. The van der Waals surface area contributed by atoms with Crippen molar-refractivity contribution in [3.8, 4) is 0 Å². The summed E-state index contributed by atoms with van der Waals surface area (Å²) in [4.78, 5) is 26.5. The van der Waals surface area contributed by atoms with Crippen LogP contribution in [-0.4, -0.2) is 29.3 Å². The molecule has 1 heterocycles. The number of nitrogens with one attached hydrogen (secondary N) is 1. The molecule has 2 aliphatic rings. The van der Waals surface area contributed by atoms with Crippen molar-refractivity contribution in [1.29, 1.82) is 0 Å². The number of amides is 2. The first-order chi connectivity index (χ1) is 10.5. The summed E-state index contributed by atoms with van der Waals surface area (Å²) in [6.45, 7) is 2.63. The van der Waals surface area contributed by atoms with E-state index in [0.717, 1.165) is 22.1 Å². The summed E-state index contributed by atoms with van der Waals surface area (Å²) >= 11 is 2.26. The summed E-state index contributed by atoms with van der Waals surface area (Å²) in [5, 5.41) is 2.96. The zero-order valence-corrected chi connectivity index (χ0v) is 14.9. The largest absolute Gasteiger partial charge is 0.339 e. The predicted molar refractivity (Wildman–Crippen MR) is 94.6 cm³/mol. The molecule has 5 heteroatoms. The van der Waals surface area contributed by atoms with Gasteiger partial charge >= 0.3 is 0 Å². The van der Waals surface area contributed by atoms with Crippen LogP contribution in [0, 0.1) is 16.4 Å². The first kappa shape index (κ1) is 15.8. The minimum atomic E-state index is -0.216. The van der Waals surface area contributed by atoms with Gasteiger partial charge in [-0.1, -0.05) is 18.9 Å². The number of carbonyl (C=O) groups is 2. The Bertz CT molecular complexity index is 596.